The molecule has 9 heteroatoms. The van der Waals surface area contributed by atoms with Gasteiger partial charge >= 0.3 is 5.97 Å². The number of esters is 1. The topological polar surface area (TPSA) is 105 Å². The van der Waals surface area contributed by atoms with Crippen molar-refractivity contribution in [1.82, 2.24) is 10.2 Å². The fourth-order valence-electron chi connectivity index (χ4n) is 5.10. The number of hydrogen-bond acceptors (Lipinski definition) is 6. The first-order valence-electron chi connectivity index (χ1n) is 10.6. The molecule has 0 aliphatic carbocycles. The van der Waals surface area contributed by atoms with E-state index in [4.69, 9.17) is 9.47 Å². The number of fused-ring (bicyclic) bond motifs is 1. The third-order valence-electron chi connectivity index (χ3n) is 6.23. The summed E-state index contributed by atoms with van der Waals surface area (Å²) in [4.78, 5) is 40.6. The Balaban J connectivity index is 1.90. The molecule has 2 bridgehead atoms. The molecular formula is C20H31BrN2O6. The summed E-state index contributed by atoms with van der Waals surface area (Å²) in [6.07, 6.45) is 3.28. The third-order valence-corrected chi connectivity index (χ3v) is 7.08. The molecule has 3 rings (SSSR count). The largest absolute Gasteiger partial charge is 0.466 e. The lowest BCUT2D eigenvalue weighted by Gasteiger charge is -2.34. The van der Waals surface area contributed by atoms with Crippen LogP contribution in [0.1, 0.15) is 46.0 Å². The van der Waals surface area contributed by atoms with Gasteiger partial charge in [0.15, 0.2) is 0 Å². The van der Waals surface area contributed by atoms with Crippen molar-refractivity contribution < 1.29 is 29.0 Å². The highest BCUT2D eigenvalue weighted by atomic mass is 79.9. The van der Waals surface area contributed by atoms with E-state index in [1.807, 2.05) is 0 Å². The normalized spacial score (nSPS) is 35.1. The smallest absolute Gasteiger partial charge is 0.312 e. The molecule has 3 fully saturated rings. The molecule has 1 unspecified atom stereocenters. The lowest BCUT2D eigenvalue weighted by molar-refractivity contribution is -0.154. The van der Waals surface area contributed by atoms with Gasteiger partial charge in [-0.25, -0.2) is 0 Å². The maximum atomic E-state index is 13.4. The number of ether oxygens (including phenoxy) is 2. The van der Waals surface area contributed by atoms with Crippen LogP contribution in [0.15, 0.2) is 0 Å². The van der Waals surface area contributed by atoms with E-state index in [0.717, 1.165) is 19.3 Å². The van der Waals surface area contributed by atoms with Gasteiger partial charge in [-0.05, 0) is 26.2 Å². The lowest BCUT2D eigenvalue weighted by Crippen LogP contribution is -2.56. The highest BCUT2D eigenvalue weighted by Crippen LogP contribution is 2.60. The second-order valence-corrected chi connectivity index (χ2v) is 9.20. The summed E-state index contributed by atoms with van der Waals surface area (Å²) in [6, 6.07) is -0.808. The fraction of sp³-hybridized carbons (Fsp3) is 0.850. The van der Waals surface area contributed by atoms with Crippen molar-refractivity contribution in [1.29, 1.82) is 0 Å². The molecule has 2 N–H and O–H groups in total. The standard InChI is InChI=1S/C20H31BrN2O6/c1-3-5-6-8-22-17(25)16-20-11-12(21)15(29-20)13(19(27)28-4-2)14(20)18(26)23(16)9-7-10-24/h12-16,24H,3-11H2,1-2H3,(H,22,25)/t12?,13-,14+,15-,16-,20+/m1/s1. The van der Waals surface area contributed by atoms with Crippen molar-refractivity contribution in [2.45, 2.75) is 68.5 Å². The molecule has 0 aromatic rings. The molecule has 0 aromatic carbocycles. The van der Waals surface area contributed by atoms with Gasteiger partial charge in [0.2, 0.25) is 11.8 Å². The molecule has 164 valence electrons. The molecule has 2 amide bonds. The first kappa shape index (κ1) is 22.5. The molecule has 3 aliphatic rings. The Morgan fingerprint density at radius 1 is 1.34 bits per heavy atom. The zero-order valence-electron chi connectivity index (χ0n) is 17.1. The number of carbonyl (C=O) groups excluding carboxylic acids is 3. The number of amides is 2. The van der Waals surface area contributed by atoms with Crippen molar-refractivity contribution in [2.75, 3.05) is 26.3 Å². The zero-order chi connectivity index (χ0) is 21.2. The third kappa shape index (κ3) is 3.81. The molecule has 3 aliphatic heterocycles. The Labute approximate surface area is 179 Å². The second kappa shape index (κ2) is 9.31. The summed E-state index contributed by atoms with van der Waals surface area (Å²) < 4.78 is 11.5. The molecule has 29 heavy (non-hydrogen) atoms. The minimum atomic E-state index is -1.04. The molecule has 8 nitrogen and oxygen atoms in total. The summed E-state index contributed by atoms with van der Waals surface area (Å²) in [7, 11) is 0. The van der Waals surface area contributed by atoms with Crippen LogP contribution in [0.2, 0.25) is 0 Å². The second-order valence-electron chi connectivity index (χ2n) is 8.02. The number of halogens is 1. The van der Waals surface area contributed by atoms with Gasteiger partial charge in [-0.2, -0.15) is 0 Å². The zero-order valence-corrected chi connectivity index (χ0v) is 18.7. The van der Waals surface area contributed by atoms with Crippen LogP contribution in [0.4, 0.5) is 0 Å². The van der Waals surface area contributed by atoms with Gasteiger partial charge in [0.25, 0.3) is 0 Å². The summed E-state index contributed by atoms with van der Waals surface area (Å²) in [5.41, 5.74) is -1.04. The van der Waals surface area contributed by atoms with Crippen molar-refractivity contribution in [2.24, 2.45) is 11.8 Å². The van der Waals surface area contributed by atoms with Gasteiger partial charge in [-0.15, -0.1) is 0 Å². The molecule has 0 radical (unpaired) electrons. The van der Waals surface area contributed by atoms with Crippen LogP contribution >= 0.6 is 15.9 Å². The highest BCUT2D eigenvalue weighted by molar-refractivity contribution is 9.09. The minimum absolute atomic E-state index is 0.0852. The predicted molar refractivity (Wildman–Crippen MR) is 108 cm³/mol. The van der Waals surface area contributed by atoms with E-state index >= 15 is 0 Å². The summed E-state index contributed by atoms with van der Waals surface area (Å²) in [6.45, 7) is 4.74. The van der Waals surface area contributed by atoms with Gasteiger partial charge in [0, 0.05) is 24.5 Å². The Morgan fingerprint density at radius 3 is 2.76 bits per heavy atom. The van der Waals surface area contributed by atoms with Gasteiger partial charge in [0.1, 0.15) is 11.6 Å². The van der Waals surface area contributed by atoms with Crippen LogP contribution < -0.4 is 5.32 Å². The van der Waals surface area contributed by atoms with Crippen molar-refractivity contribution in [3.05, 3.63) is 0 Å². The number of aliphatic hydroxyl groups excluding tert-OH is 1. The van der Waals surface area contributed by atoms with Crippen LogP contribution in [0, 0.1) is 11.8 Å². The first-order chi connectivity index (χ1) is 13.9. The fourth-order valence-corrected chi connectivity index (χ4v) is 6.05. The van der Waals surface area contributed by atoms with Gasteiger partial charge in [-0.1, -0.05) is 35.7 Å². The number of carbonyl (C=O) groups is 3. The number of rotatable bonds is 10. The summed E-state index contributed by atoms with van der Waals surface area (Å²) >= 11 is 3.59. The SMILES string of the molecule is CCCCCNC(=O)[C@H]1N(CCCO)C(=O)[C@@H]2[C@@H](C(=O)OCC)[C@@H]3O[C@@]21CC3Br. The molecule has 0 saturated carbocycles. The molecule has 1 spiro atoms. The average Bonchev–Trinajstić information content (AvgIpc) is 3.27. The van der Waals surface area contributed by atoms with Crippen molar-refractivity contribution in [3.63, 3.8) is 0 Å². The number of nitrogens with zero attached hydrogens (tertiary/aromatic N) is 1. The number of alkyl halides is 1. The van der Waals surface area contributed by atoms with E-state index < -0.39 is 35.6 Å². The summed E-state index contributed by atoms with van der Waals surface area (Å²) in [5, 5.41) is 12.2. The quantitative estimate of drug-likeness (QED) is 0.277. The molecule has 0 aromatic heterocycles. The van der Waals surface area contributed by atoms with E-state index in [1.165, 1.54) is 4.90 Å². The van der Waals surface area contributed by atoms with Gasteiger partial charge in [0.05, 0.1) is 24.5 Å². The van der Waals surface area contributed by atoms with E-state index in [0.29, 0.717) is 19.4 Å². The van der Waals surface area contributed by atoms with Gasteiger partial charge < -0.3 is 24.8 Å². The van der Waals surface area contributed by atoms with Crippen LogP contribution in [-0.2, 0) is 23.9 Å². The number of unbranched alkanes of at least 4 members (excludes halogenated alkanes) is 2. The lowest BCUT2D eigenvalue weighted by atomic mass is 9.70. The Hall–Kier alpha value is -1.19. The molecule has 3 saturated heterocycles. The van der Waals surface area contributed by atoms with Crippen molar-refractivity contribution in [3.8, 4) is 0 Å². The van der Waals surface area contributed by atoms with Crippen LogP contribution in [0.25, 0.3) is 0 Å². The monoisotopic (exact) mass is 474 g/mol. The maximum Gasteiger partial charge on any atom is 0.312 e. The first-order valence-corrected chi connectivity index (χ1v) is 11.5. The van der Waals surface area contributed by atoms with Crippen LogP contribution in [0.3, 0.4) is 0 Å². The van der Waals surface area contributed by atoms with E-state index in [2.05, 4.69) is 28.2 Å². The average molecular weight is 475 g/mol. The highest BCUT2D eigenvalue weighted by Gasteiger charge is 2.76. The minimum Gasteiger partial charge on any atom is -0.466 e. The number of nitrogens with one attached hydrogen (secondary N) is 1. The van der Waals surface area contributed by atoms with E-state index in [-0.39, 0.29) is 36.4 Å². The molecular weight excluding hydrogens is 444 g/mol. The summed E-state index contributed by atoms with van der Waals surface area (Å²) in [5.74, 6) is -2.42. The number of aliphatic hydroxyl groups is 1. The Bertz CT molecular complexity index is 646. The van der Waals surface area contributed by atoms with Crippen LogP contribution in [-0.4, -0.2) is 76.7 Å². The maximum absolute atomic E-state index is 13.4. The Morgan fingerprint density at radius 2 is 2.10 bits per heavy atom. The van der Waals surface area contributed by atoms with Crippen molar-refractivity contribution >= 4 is 33.7 Å². The number of likely N-dealkylation sites (tertiary alicyclic amines) is 1. The van der Waals surface area contributed by atoms with E-state index in [9.17, 15) is 19.5 Å². The van der Waals surface area contributed by atoms with E-state index in [1.54, 1.807) is 6.92 Å². The van der Waals surface area contributed by atoms with Crippen LogP contribution in [0.5, 0.6) is 0 Å². The Kier molecular flexibility index (Phi) is 7.22. The molecule has 6 atom stereocenters. The molecule has 3 heterocycles. The number of hydrogen-bond donors (Lipinski definition) is 2. The van der Waals surface area contributed by atoms with Gasteiger partial charge in [-0.3, -0.25) is 14.4 Å². The predicted octanol–water partition coefficient (Wildman–Crippen LogP) is 0.986.